The molecule has 2 aromatic heterocycles. The monoisotopic (exact) mass is 414 g/mol. The maximum Gasteiger partial charge on any atom is 0.221 e. The van der Waals surface area contributed by atoms with E-state index >= 15 is 0 Å². The number of amides is 1. The number of benzene rings is 1. The van der Waals surface area contributed by atoms with Gasteiger partial charge in [0, 0.05) is 29.9 Å². The fourth-order valence-electron chi connectivity index (χ4n) is 3.80. The maximum atomic E-state index is 11.8. The number of unbranched alkanes of at least 4 members (excludes halogenated alkanes) is 1. The molecule has 0 radical (unpaired) electrons. The fourth-order valence-corrected chi connectivity index (χ4v) is 4.01. The number of carbonyl (C=O) groups excluding carboxylic acids is 1. The van der Waals surface area contributed by atoms with Crippen LogP contribution in [-0.4, -0.2) is 28.6 Å². The number of nitrogens with zero attached hydrogens (tertiary/aromatic N) is 1. The third kappa shape index (κ3) is 4.92. The van der Waals surface area contributed by atoms with E-state index in [9.17, 15) is 4.79 Å². The summed E-state index contributed by atoms with van der Waals surface area (Å²) in [4.78, 5) is 11.8. The molecule has 0 aliphatic heterocycles. The van der Waals surface area contributed by atoms with E-state index in [1.165, 1.54) is 0 Å². The van der Waals surface area contributed by atoms with Crippen LogP contribution in [0.2, 0.25) is 5.02 Å². The largest absolute Gasteiger partial charge is 0.491 e. The Kier molecular flexibility index (Phi) is 7.18. The van der Waals surface area contributed by atoms with Crippen LogP contribution >= 0.6 is 11.6 Å². The maximum absolute atomic E-state index is 11.8. The lowest BCUT2D eigenvalue weighted by Gasteiger charge is -2.10. The number of carbonyl (C=O) groups is 1. The molecule has 3 rings (SSSR count). The van der Waals surface area contributed by atoms with E-state index in [0.29, 0.717) is 24.5 Å². The van der Waals surface area contributed by atoms with Crippen LogP contribution in [-0.2, 0) is 24.1 Å². The fraction of sp³-hybridized carbons (Fsp3) is 0.348. The Morgan fingerprint density at radius 1 is 1.21 bits per heavy atom. The molecule has 0 aliphatic carbocycles. The highest BCUT2D eigenvalue weighted by Crippen LogP contribution is 2.33. The van der Waals surface area contributed by atoms with Gasteiger partial charge >= 0.3 is 0 Å². The average Bonchev–Trinajstić information content (AvgIpc) is 2.98. The number of aliphatic hydroxyl groups is 1. The van der Waals surface area contributed by atoms with Crippen molar-refractivity contribution in [3.63, 3.8) is 0 Å². The predicted octanol–water partition coefficient (Wildman–Crippen LogP) is 3.93. The van der Waals surface area contributed by atoms with Gasteiger partial charge in [-0.3, -0.25) is 4.79 Å². The number of rotatable bonds is 10. The normalized spacial score (nSPS) is 11.1. The standard InChI is InChI=1S/C23H27ClN2O3/c1-2-18-19(15-22(25)28)23-21(29-12-4-3-11-27)9-6-10-26(23)20(18)14-16-7-5-8-17(24)13-16/h5-10,13,27H,2-4,11-12,14-15H2,1H3,(H2,25,28). The Hall–Kier alpha value is -2.50. The van der Waals surface area contributed by atoms with E-state index in [4.69, 9.17) is 27.2 Å². The van der Waals surface area contributed by atoms with Crippen molar-refractivity contribution in [3.8, 4) is 5.75 Å². The molecule has 0 saturated carbocycles. The lowest BCUT2D eigenvalue weighted by Crippen LogP contribution is -2.14. The molecule has 29 heavy (non-hydrogen) atoms. The summed E-state index contributed by atoms with van der Waals surface area (Å²) in [5, 5.41) is 9.69. The van der Waals surface area contributed by atoms with Crippen LogP contribution in [0.5, 0.6) is 5.75 Å². The van der Waals surface area contributed by atoms with E-state index < -0.39 is 0 Å². The van der Waals surface area contributed by atoms with Crippen LogP contribution in [0, 0.1) is 0 Å². The SMILES string of the molecule is CCc1c(CC(N)=O)c2c(OCCCCO)cccn2c1Cc1cccc(Cl)c1. The van der Waals surface area contributed by atoms with Gasteiger partial charge < -0.3 is 20.0 Å². The molecule has 2 heterocycles. The van der Waals surface area contributed by atoms with Crippen molar-refractivity contribution in [1.29, 1.82) is 0 Å². The average molecular weight is 415 g/mol. The van der Waals surface area contributed by atoms with Gasteiger partial charge in [-0.25, -0.2) is 0 Å². The highest BCUT2D eigenvalue weighted by molar-refractivity contribution is 6.30. The minimum absolute atomic E-state index is 0.148. The van der Waals surface area contributed by atoms with Crippen LogP contribution in [0.1, 0.15) is 42.1 Å². The molecule has 5 nitrogen and oxygen atoms in total. The summed E-state index contributed by atoms with van der Waals surface area (Å²) in [6, 6.07) is 11.7. The number of hydrogen-bond donors (Lipinski definition) is 2. The van der Waals surface area contributed by atoms with Gasteiger partial charge in [-0.2, -0.15) is 0 Å². The number of hydrogen-bond acceptors (Lipinski definition) is 3. The molecule has 3 aromatic rings. The smallest absolute Gasteiger partial charge is 0.221 e. The van der Waals surface area contributed by atoms with Crippen molar-refractivity contribution < 1.29 is 14.6 Å². The van der Waals surface area contributed by atoms with Crippen molar-refractivity contribution in [1.82, 2.24) is 4.40 Å². The molecule has 154 valence electrons. The summed E-state index contributed by atoms with van der Waals surface area (Å²) in [5.74, 6) is 0.366. The van der Waals surface area contributed by atoms with Crippen LogP contribution < -0.4 is 10.5 Å². The molecule has 0 fully saturated rings. The van der Waals surface area contributed by atoms with E-state index in [1.807, 2.05) is 42.6 Å². The van der Waals surface area contributed by atoms with Gasteiger partial charge in [0.05, 0.1) is 18.5 Å². The minimum Gasteiger partial charge on any atom is -0.491 e. The second-order valence-corrected chi connectivity index (χ2v) is 7.51. The summed E-state index contributed by atoms with van der Waals surface area (Å²) in [6.45, 7) is 2.74. The Morgan fingerprint density at radius 2 is 2.03 bits per heavy atom. The Balaban J connectivity index is 2.10. The molecule has 1 amide bonds. The number of fused-ring (bicyclic) bond motifs is 1. The van der Waals surface area contributed by atoms with Crippen LogP contribution in [0.4, 0.5) is 0 Å². The van der Waals surface area contributed by atoms with Crippen molar-refractivity contribution in [3.05, 3.63) is 70.0 Å². The first-order valence-corrected chi connectivity index (χ1v) is 10.3. The van der Waals surface area contributed by atoms with E-state index in [1.54, 1.807) is 0 Å². The Morgan fingerprint density at radius 3 is 2.72 bits per heavy atom. The van der Waals surface area contributed by atoms with Crippen LogP contribution in [0.15, 0.2) is 42.6 Å². The van der Waals surface area contributed by atoms with Gasteiger partial charge in [0.1, 0.15) is 5.75 Å². The molecular formula is C23H27ClN2O3. The predicted molar refractivity (Wildman–Crippen MR) is 116 cm³/mol. The topological polar surface area (TPSA) is 77.0 Å². The van der Waals surface area contributed by atoms with Crippen LogP contribution in [0.3, 0.4) is 0 Å². The summed E-state index contributed by atoms with van der Waals surface area (Å²) in [7, 11) is 0. The number of halogens is 1. The summed E-state index contributed by atoms with van der Waals surface area (Å²) in [5.41, 5.74) is 10.7. The molecule has 0 spiro atoms. The first kappa shape index (κ1) is 21.2. The van der Waals surface area contributed by atoms with Gasteiger partial charge in [0.15, 0.2) is 0 Å². The number of nitrogens with two attached hydrogens (primary N) is 1. The van der Waals surface area contributed by atoms with Gasteiger partial charge in [-0.1, -0.05) is 30.7 Å². The molecule has 0 saturated heterocycles. The molecule has 0 bridgehead atoms. The minimum atomic E-state index is -0.364. The van der Waals surface area contributed by atoms with Crippen molar-refractivity contribution in [2.45, 2.75) is 39.0 Å². The second kappa shape index (κ2) is 9.81. The molecule has 0 atom stereocenters. The summed E-state index contributed by atoms with van der Waals surface area (Å²) in [6.07, 6.45) is 5.10. The number of pyridine rings is 1. The van der Waals surface area contributed by atoms with Gasteiger partial charge in [0.2, 0.25) is 5.91 Å². The Bertz CT molecular complexity index is 997. The highest BCUT2D eigenvalue weighted by Gasteiger charge is 2.21. The van der Waals surface area contributed by atoms with Gasteiger partial charge in [-0.15, -0.1) is 0 Å². The van der Waals surface area contributed by atoms with Gasteiger partial charge in [0.25, 0.3) is 0 Å². The number of aliphatic hydroxyl groups excluding tert-OH is 1. The molecule has 6 heteroatoms. The first-order chi connectivity index (χ1) is 14.0. The van der Waals surface area contributed by atoms with Crippen molar-refractivity contribution >= 4 is 23.0 Å². The number of aromatic nitrogens is 1. The van der Waals surface area contributed by atoms with Crippen LogP contribution in [0.25, 0.3) is 5.52 Å². The molecule has 0 aliphatic rings. The number of primary amides is 1. The van der Waals surface area contributed by atoms with Crippen molar-refractivity contribution in [2.24, 2.45) is 5.73 Å². The lowest BCUT2D eigenvalue weighted by atomic mass is 10.00. The Labute approximate surface area is 176 Å². The summed E-state index contributed by atoms with van der Waals surface area (Å²) < 4.78 is 8.13. The second-order valence-electron chi connectivity index (χ2n) is 7.08. The molecule has 0 unspecified atom stereocenters. The van der Waals surface area contributed by atoms with Gasteiger partial charge in [-0.05, 0) is 60.2 Å². The zero-order valence-electron chi connectivity index (χ0n) is 16.7. The molecule has 1 aromatic carbocycles. The highest BCUT2D eigenvalue weighted by atomic mass is 35.5. The first-order valence-electron chi connectivity index (χ1n) is 9.95. The molecule has 3 N–H and O–H groups in total. The zero-order valence-corrected chi connectivity index (χ0v) is 17.4. The van der Waals surface area contributed by atoms with Crippen molar-refractivity contribution in [2.75, 3.05) is 13.2 Å². The lowest BCUT2D eigenvalue weighted by molar-refractivity contribution is -0.117. The third-order valence-corrected chi connectivity index (χ3v) is 5.26. The van der Waals surface area contributed by atoms with E-state index in [0.717, 1.165) is 46.5 Å². The molecular weight excluding hydrogens is 388 g/mol. The zero-order chi connectivity index (χ0) is 20.8. The number of ether oxygens (including phenoxy) is 1. The van der Waals surface area contributed by atoms with E-state index in [-0.39, 0.29) is 18.9 Å². The summed E-state index contributed by atoms with van der Waals surface area (Å²) >= 11 is 6.18. The van der Waals surface area contributed by atoms with E-state index in [2.05, 4.69) is 11.3 Å². The third-order valence-electron chi connectivity index (χ3n) is 5.02. The quantitative estimate of drug-likeness (QED) is 0.493.